The number of hydrogen-bond donors (Lipinski definition) is 1. The van der Waals surface area contributed by atoms with Gasteiger partial charge in [-0.2, -0.15) is 0 Å². The fourth-order valence-corrected chi connectivity index (χ4v) is 3.24. The summed E-state index contributed by atoms with van der Waals surface area (Å²) in [6.45, 7) is 11.0. The minimum atomic E-state index is -0.0393. The van der Waals surface area contributed by atoms with E-state index in [1.165, 1.54) is 5.56 Å². The monoisotopic (exact) mass is 339 g/mol. The highest BCUT2D eigenvalue weighted by Gasteiger charge is 2.24. The predicted octanol–water partition coefficient (Wildman–Crippen LogP) is 4.88. The summed E-state index contributed by atoms with van der Waals surface area (Å²) in [6.07, 6.45) is 0.874. The lowest BCUT2D eigenvalue weighted by molar-refractivity contribution is 0.0934. The zero-order valence-corrected chi connectivity index (χ0v) is 15.9. The van der Waals surface area contributed by atoms with Crippen LogP contribution in [0.25, 0.3) is 0 Å². The van der Waals surface area contributed by atoms with Gasteiger partial charge >= 0.3 is 0 Å². The summed E-state index contributed by atoms with van der Waals surface area (Å²) >= 11 is 0. The highest BCUT2D eigenvalue weighted by Crippen LogP contribution is 2.28. The molecule has 0 aromatic heterocycles. The molecule has 0 aliphatic carbocycles. The summed E-state index contributed by atoms with van der Waals surface area (Å²) in [7, 11) is 0. The van der Waals surface area contributed by atoms with E-state index >= 15 is 0 Å². The molecule has 0 aliphatic heterocycles. The molecule has 2 aromatic carbocycles. The third-order valence-corrected chi connectivity index (χ3v) is 4.49. The summed E-state index contributed by atoms with van der Waals surface area (Å²) in [5.74, 6) is 0.791. The quantitative estimate of drug-likeness (QED) is 0.781. The minimum Gasteiger partial charge on any atom is -0.494 e. The molecular weight excluding hydrogens is 310 g/mol. The first-order valence-electron chi connectivity index (χ1n) is 8.93. The van der Waals surface area contributed by atoms with Gasteiger partial charge in [0.15, 0.2) is 0 Å². The van der Waals surface area contributed by atoms with Crippen LogP contribution in [0.5, 0.6) is 5.75 Å². The second-order valence-corrected chi connectivity index (χ2v) is 7.24. The van der Waals surface area contributed by atoms with Gasteiger partial charge in [0.2, 0.25) is 0 Å². The molecule has 0 aliphatic rings. The number of rotatable bonds is 7. The molecule has 1 atom stereocenters. The molecule has 3 heteroatoms. The van der Waals surface area contributed by atoms with Gasteiger partial charge in [0.1, 0.15) is 5.75 Å². The molecule has 2 aromatic rings. The van der Waals surface area contributed by atoms with Crippen molar-refractivity contribution >= 4 is 5.91 Å². The number of aryl methyl sites for hydroxylation is 1. The lowest BCUT2D eigenvalue weighted by atomic mass is 9.79. The SMILES string of the molecule is CCOc1ccc(C(=O)NC(C)CC(C)(C)c2ccccc2)cc1C. The van der Waals surface area contributed by atoms with E-state index < -0.39 is 0 Å². The summed E-state index contributed by atoms with van der Waals surface area (Å²) in [6, 6.07) is 16.1. The van der Waals surface area contributed by atoms with Crippen molar-refractivity contribution in [2.75, 3.05) is 6.61 Å². The van der Waals surface area contributed by atoms with Crippen molar-refractivity contribution in [2.24, 2.45) is 0 Å². The maximum atomic E-state index is 12.5. The molecule has 0 saturated carbocycles. The summed E-state index contributed by atoms with van der Waals surface area (Å²) < 4.78 is 5.54. The highest BCUT2D eigenvalue weighted by molar-refractivity contribution is 5.94. The van der Waals surface area contributed by atoms with Crippen LogP contribution in [0.4, 0.5) is 0 Å². The highest BCUT2D eigenvalue weighted by atomic mass is 16.5. The molecule has 0 bridgehead atoms. The third kappa shape index (κ3) is 5.09. The Labute approximate surface area is 151 Å². The molecule has 1 amide bonds. The molecule has 0 spiro atoms. The maximum Gasteiger partial charge on any atom is 0.251 e. The third-order valence-electron chi connectivity index (χ3n) is 4.49. The van der Waals surface area contributed by atoms with E-state index in [0.29, 0.717) is 12.2 Å². The topological polar surface area (TPSA) is 38.3 Å². The van der Waals surface area contributed by atoms with E-state index in [1.807, 2.05) is 38.1 Å². The predicted molar refractivity (Wildman–Crippen MR) is 103 cm³/mol. The number of carbonyl (C=O) groups excluding carboxylic acids is 1. The maximum absolute atomic E-state index is 12.5. The average Bonchev–Trinajstić information content (AvgIpc) is 2.57. The number of amides is 1. The molecule has 2 rings (SSSR count). The normalized spacial score (nSPS) is 12.5. The Hall–Kier alpha value is -2.29. The molecule has 25 heavy (non-hydrogen) atoms. The van der Waals surface area contributed by atoms with Crippen LogP contribution < -0.4 is 10.1 Å². The molecule has 0 radical (unpaired) electrons. The molecule has 134 valence electrons. The molecule has 1 unspecified atom stereocenters. The molecule has 0 fully saturated rings. The largest absolute Gasteiger partial charge is 0.494 e. The van der Waals surface area contributed by atoms with E-state index in [2.05, 4.69) is 50.4 Å². The van der Waals surface area contributed by atoms with Gasteiger partial charge in [-0.25, -0.2) is 0 Å². The van der Waals surface area contributed by atoms with Gasteiger partial charge < -0.3 is 10.1 Å². The molecule has 0 saturated heterocycles. The van der Waals surface area contributed by atoms with Crippen LogP contribution in [0, 0.1) is 6.92 Å². The van der Waals surface area contributed by atoms with Gasteiger partial charge in [-0.1, -0.05) is 44.2 Å². The number of hydrogen-bond acceptors (Lipinski definition) is 2. The molecule has 0 heterocycles. The zero-order valence-electron chi connectivity index (χ0n) is 15.9. The number of carbonyl (C=O) groups is 1. The first kappa shape index (κ1) is 19.0. The van der Waals surface area contributed by atoms with Crippen molar-refractivity contribution in [1.29, 1.82) is 0 Å². The van der Waals surface area contributed by atoms with E-state index in [-0.39, 0.29) is 17.4 Å². The van der Waals surface area contributed by atoms with Crippen molar-refractivity contribution in [3.63, 3.8) is 0 Å². The Morgan fingerprint density at radius 3 is 2.44 bits per heavy atom. The Kier molecular flexibility index (Phi) is 6.24. The number of nitrogens with one attached hydrogen (secondary N) is 1. The minimum absolute atomic E-state index is 0.00268. The smallest absolute Gasteiger partial charge is 0.251 e. The standard InChI is InChI=1S/C22H29NO2/c1-6-25-20-13-12-18(14-16(20)2)21(24)23-17(3)15-22(4,5)19-10-8-7-9-11-19/h7-14,17H,6,15H2,1-5H3,(H,23,24). The van der Waals surface area contributed by atoms with Gasteiger partial charge in [-0.3, -0.25) is 4.79 Å². The Morgan fingerprint density at radius 1 is 1.16 bits per heavy atom. The summed E-state index contributed by atoms with van der Waals surface area (Å²) in [4.78, 5) is 12.5. The van der Waals surface area contributed by atoms with Crippen LogP contribution in [-0.2, 0) is 5.41 Å². The second-order valence-electron chi connectivity index (χ2n) is 7.24. The fourth-order valence-electron chi connectivity index (χ4n) is 3.24. The number of ether oxygens (including phenoxy) is 1. The van der Waals surface area contributed by atoms with Crippen LogP contribution in [0.1, 0.15) is 55.6 Å². The van der Waals surface area contributed by atoms with E-state index in [9.17, 15) is 4.79 Å². The lowest BCUT2D eigenvalue weighted by Gasteiger charge is -2.29. The van der Waals surface area contributed by atoms with Gasteiger partial charge in [0.25, 0.3) is 5.91 Å². The van der Waals surface area contributed by atoms with Crippen molar-refractivity contribution in [3.8, 4) is 5.75 Å². The van der Waals surface area contributed by atoms with Gasteiger partial charge in [-0.15, -0.1) is 0 Å². The molecule has 3 nitrogen and oxygen atoms in total. The first-order valence-corrected chi connectivity index (χ1v) is 8.93. The van der Waals surface area contributed by atoms with Crippen LogP contribution >= 0.6 is 0 Å². The van der Waals surface area contributed by atoms with E-state index in [0.717, 1.165) is 17.7 Å². The Bertz CT molecular complexity index is 707. The Balaban J connectivity index is 2.01. The summed E-state index contributed by atoms with van der Waals surface area (Å²) in [5, 5.41) is 3.12. The fraction of sp³-hybridized carbons (Fsp3) is 0.409. The summed E-state index contributed by atoms with van der Waals surface area (Å²) in [5.41, 5.74) is 2.94. The van der Waals surface area contributed by atoms with Gasteiger partial charge in [0, 0.05) is 11.6 Å². The molecule has 1 N–H and O–H groups in total. The zero-order chi connectivity index (χ0) is 18.4. The van der Waals surface area contributed by atoms with Crippen molar-refractivity contribution < 1.29 is 9.53 Å². The first-order chi connectivity index (χ1) is 11.8. The number of benzene rings is 2. The van der Waals surface area contributed by atoms with Crippen molar-refractivity contribution in [3.05, 3.63) is 65.2 Å². The van der Waals surface area contributed by atoms with Crippen LogP contribution in [0.3, 0.4) is 0 Å². The van der Waals surface area contributed by atoms with Crippen molar-refractivity contribution in [2.45, 2.75) is 52.5 Å². The lowest BCUT2D eigenvalue weighted by Crippen LogP contribution is -2.37. The second kappa shape index (κ2) is 8.19. The van der Waals surface area contributed by atoms with Crippen LogP contribution in [0.15, 0.2) is 48.5 Å². The molecular formula is C22H29NO2. The van der Waals surface area contributed by atoms with E-state index in [4.69, 9.17) is 4.74 Å². The van der Waals surface area contributed by atoms with E-state index in [1.54, 1.807) is 0 Å². The van der Waals surface area contributed by atoms with Crippen molar-refractivity contribution in [1.82, 2.24) is 5.32 Å². The average molecular weight is 339 g/mol. The van der Waals surface area contributed by atoms with Gasteiger partial charge in [-0.05, 0) is 61.9 Å². The van der Waals surface area contributed by atoms with Crippen LogP contribution in [-0.4, -0.2) is 18.6 Å². The van der Waals surface area contributed by atoms with Gasteiger partial charge in [0.05, 0.1) is 6.61 Å². The van der Waals surface area contributed by atoms with Crippen LogP contribution in [0.2, 0.25) is 0 Å². The Morgan fingerprint density at radius 2 is 1.84 bits per heavy atom.